The van der Waals surface area contributed by atoms with Crippen LogP contribution in [0.5, 0.6) is 0 Å². The van der Waals surface area contributed by atoms with Crippen LogP contribution in [0.15, 0.2) is 34.9 Å². The summed E-state index contributed by atoms with van der Waals surface area (Å²) in [4.78, 5) is 35.9. The van der Waals surface area contributed by atoms with E-state index in [0.717, 1.165) is 5.56 Å². The van der Waals surface area contributed by atoms with Crippen LogP contribution in [0, 0.1) is 0 Å². The molecule has 0 aliphatic carbocycles. The molecule has 2 fully saturated rings. The molecular weight excluding hydrogens is 370 g/mol. The minimum absolute atomic E-state index is 0.0865. The topological polar surface area (TPSA) is 82.8 Å². The number of nitrogens with zero attached hydrogens (tertiary/aromatic N) is 5. The van der Waals surface area contributed by atoms with Gasteiger partial charge in [0, 0.05) is 32.1 Å². The summed E-state index contributed by atoms with van der Waals surface area (Å²) in [5.74, 6) is 1.25. The fourth-order valence-corrected chi connectivity index (χ4v) is 4.20. The number of urea groups is 1. The Labute approximate surface area is 170 Å². The molecule has 0 saturated carbocycles. The van der Waals surface area contributed by atoms with E-state index in [2.05, 4.69) is 10.1 Å². The van der Waals surface area contributed by atoms with Crippen LogP contribution in [-0.4, -0.2) is 57.1 Å². The normalized spacial score (nSPS) is 19.1. The van der Waals surface area contributed by atoms with Gasteiger partial charge in [0.2, 0.25) is 5.89 Å². The summed E-state index contributed by atoms with van der Waals surface area (Å²) in [5.41, 5.74) is 0.220. The summed E-state index contributed by atoms with van der Waals surface area (Å²) in [6, 6.07) is 9.63. The molecule has 8 nitrogen and oxygen atoms in total. The van der Waals surface area contributed by atoms with E-state index in [4.69, 9.17) is 4.52 Å². The minimum atomic E-state index is -0.802. The molecule has 2 aromatic rings. The van der Waals surface area contributed by atoms with E-state index < -0.39 is 5.54 Å². The quantitative estimate of drug-likeness (QED) is 0.721. The molecule has 2 saturated heterocycles. The average molecular weight is 397 g/mol. The highest BCUT2D eigenvalue weighted by Gasteiger charge is 2.57. The first-order chi connectivity index (χ1) is 14.0. The Balaban J connectivity index is 1.57. The van der Waals surface area contributed by atoms with Crippen molar-refractivity contribution in [1.29, 1.82) is 0 Å². The van der Waals surface area contributed by atoms with Crippen molar-refractivity contribution >= 4 is 17.9 Å². The lowest BCUT2D eigenvalue weighted by molar-refractivity contribution is -0.134. The monoisotopic (exact) mass is 397 g/mol. The molecule has 1 spiro atoms. The standard InChI is InChI=1S/C21H27N5O3/c1-4-25-18(27)21(26(20(25)28)14-16-8-6-5-7-9-16)10-12-24(13-11-21)19-22-17(15(2)3)29-23-19/h5-9,15H,4,10-14H2,1-3H3. The number of anilines is 1. The van der Waals surface area contributed by atoms with Crippen molar-refractivity contribution in [3.05, 3.63) is 41.8 Å². The number of amides is 3. The Bertz CT molecular complexity index is 887. The van der Waals surface area contributed by atoms with Crippen LogP contribution in [-0.2, 0) is 11.3 Å². The third kappa shape index (κ3) is 3.26. The van der Waals surface area contributed by atoms with Crippen LogP contribution in [0.1, 0.15) is 51.0 Å². The summed E-state index contributed by atoms with van der Waals surface area (Å²) in [5, 5.41) is 4.09. The first kappa shape index (κ1) is 19.4. The zero-order valence-corrected chi connectivity index (χ0v) is 17.2. The van der Waals surface area contributed by atoms with Gasteiger partial charge in [-0.15, -0.1) is 0 Å². The smallest absolute Gasteiger partial charge is 0.327 e. The molecule has 2 aliphatic heterocycles. The van der Waals surface area contributed by atoms with E-state index in [-0.39, 0.29) is 17.9 Å². The van der Waals surface area contributed by atoms with Crippen molar-refractivity contribution in [2.45, 2.75) is 51.6 Å². The lowest BCUT2D eigenvalue weighted by Crippen LogP contribution is -2.56. The largest absolute Gasteiger partial charge is 0.338 e. The molecule has 0 bridgehead atoms. The fraction of sp³-hybridized carbons (Fsp3) is 0.524. The van der Waals surface area contributed by atoms with E-state index in [9.17, 15) is 9.59 Å². The van der Waals surface area contributed by atoms with Crippen molar-refractivity contribution in [3.8, 4) is 0 Å². The highest BCUT2D eigenvalue weighted by Crippen LogP contribution is 2.39. The second-order valence-electron chi connectivity index (χ2n) is 8.01. The molecule has 0 unspecified atom stereocenters. The first-order valence-corrected chi connectivity index (χ1v) is 10.2. The number of carbonyl (C=O) groups excluding carboxylic acids is 2. The van der Waals surface area contributed by atoms with Gasteiger partial charge in [-0.25, -0.2) is 4.79 Å². The lowest BCUT2D eigenvalue weighted by atomic mass is 9.85. The molecule has 3 heterocycles. The maximum Gasteiger partial charge on any atom is 0.327 e. The van der Waals surface area contributed by atoms with Crippen LogP contribution >= 0.6 is 0 Å². The van der Waals surface area contributed by atoms with Crippen LogP contribution < -0.4 is 4.90 Å². The summed E-state index contributed by atoms with van der Waals surface area (Å²) in [6.07, 6.45) is 1.10. The van der Waals surface area contributed by atoms with E-state index in [1.54, 1.807) is 4.90 Å². The Hall–Kier alpha value is -2.90. The van der Waals surface area contributed by atoms with E-state index in [1.165, 1.54) is 4.90 Å². The van der Waals surface area contributed by atoms with E-state index in [1.807, 2.05) is 56.0 Å². The molecule has 0 N–H and O–H groups in total. The number of imide groups is 1. The lowest BCUT2D eigenvalue weighted by Gasteiger charge is -2.41. The Morgan fingerprint density at radius 2 is 1.83 bits per heavy atom. The van der Waals surface area contributed by atoms with Gasteiger partial charge in [0.1, 0.15) is 5.54 Å². The maximum atomic E-state index is 13.3. The molecular formula is C21H27N5O3. The van der Waals surface area contributed by atoms with Crippen molar-refractivity contribution in [1.82, 2.24) is 19.9 Å². The minimum Gasteiger partial charge on any atom is -0.338 e. The third-order valence-electron chi connectivity index (χ3n) is 5.92. The zero-order chi connectivity index (χ0) is 20.6. The Kier molecular flexibility index (Phi) is 5.02. The molecule has 0 radical (unpaired) electrons. The molecule has 4 rings (SSSR count). The van der Waals surface area contributed by atoms with Crippen LogP contribution in [0.25, 0.3) is 0 Å². The summed E-state index contributed by atoms with van der Waals surface area (Å²) < 4.78 is 5.33. The van der Waals surface area contributed by atoms with E-state index >= 15 is 0 Å². The predicted molar refractivity (Wildman–Crippen MR) is 107 cm³/mol. The number of benzene rings is 1. The maximum absolute atomic E-state index is 13.3. The highest BCUT2D eigenvalue weighted by atomic mass is 16.5. The van der Waals surface area contributed by atoms with Crippen molar-refractivity contribution < 1.29 is 14.1 Å². The second kappa shape index (κ2) is 7.50. The number of likely N-dealkylation sites (N-methyl/N-ethyl adjacent to an activating group) is 1. The number of hydrogen-bond acceptors (Lipinski definition) is 6. The third-order valence-corrected chi connectivity index (χ3v) is 5.92. The predicted octanol–water partition coefficient (Wildman–Crippen LogP) is 3.02. The number of piperidine rings is 1. The van der Waals surface area contributed by atoms with Gasteiger partial charge in [-0.05, 0) is 30.5 Å². The van der Waals surface area contributed by atoms with Gasteiger partial charge in [0.15, 0.2) is 0 Å². The number of hydrogen-bond donors (Lipinski definition) is 0. The molecule has 3 amide bonds. The molecule has 2 aliphatic rings. The van der Waals surface area contributed by atoms with Gasteiger partial charge >= 0.3 is 6.03 Å². The van der Waals surface area contributed by atoms with Crippen molar-refractivity contribution in [2.75, 3.05) is 24.5 Å². The molecule has 8 heteroatoms. The van der Waals surface area contributed by atoms with Crippen LogP contribution in [0.2, 0.25) is 0 Å². The van der Waals surface area contributed by atoms with Gasteiger partial charge in [0.25, 0.3) is 11.9 Å². The average Bonchev–Trinajstić information content (AvgIpc) is 3.29. The molecule has 0 atom stereocenters. The molecule has 29 heavy (non-hydrogen) atoms. The fourth-order valence-electron chi connectivity index (χ4n) is 4.20. The van der Waals surface area contributed by atoms with Gasteiger partial charge in [-0.1, -0.05) is 44.2 Å². The first-order valence-electron chi connectivity index (χ1n) is 10.2. The van der Waals surface area contributed by atoms with Crippen LogP contribution in [0.3, 0.4) is 0 Å². The van der Waals surface area contributed by atoms with Gasteiger partial charge in [-0.3, -0.25) is 9.69 Å². The Morgan fingerprint density at radius 1 is 1.14 bits per heavy atom. The van der Waals surface area contributed by atoms with Crippen molar-refractivity contribution in [3.63, 3.8) is 0 Å². The summed E-state index contributed by atoms with van der Waals surface area (Å²) in [6.45, 7) is 7.87. The summed E-state index contributed by atoms with van der Waals surface area (Å²) >= 11 is 0. The molecule has 154 valence electrons. The highest BCUT2D eigenvalue weighted by molar-refractivity contribution is 6.07. The van der Waals surface area contributed by atoms with Crippen LogP contribution in [0.4, 0.5) is 10.7 Å². The zero-order valence-electron chi connectivity index (χ0n) is 17.2. The molecule has 1 aromatic heterocycles. The number of carbonyl (C=O) groups is 2. The second-order valence-corrected chi connectivity index (χ2v) is 8.01. The molecule has 1 aromatic carbocycles. The SMILES string of the molecule is CCN1C(=O)N(Cc2ccccc2)C2(CCN(c3noc(C(C)C)n3)CC2)C1=O. The van der Waals surface area contributed by atoms with Gasteiger partial charge in [-0.2, -0.15) is 4.98 Å². The van der Waals surface area contributed by atoms with Gasteiger partial charge in [0.05, 0.1) is 0 Å². The van der Waals surface area contributed by atoms with Gasteiger partial charge < -0.3 is 14.3 Å². The van der Waals surface area contributed by atoms with Crippen molar-refractivity contribution in [2.24, 2.45) is 0 Å². The number of rotatable bonds is 5. The van der Waals surface area contributed by atoms with E-state index in [0.29, 0.717) is 50.9 Å². The Morgan fingerprint density at radius 3 is 2.41 bits per heavy atom. The summed E-state index contributed by atoms with van der Waals surface area (Å²) in [7, 11) is 0. The number of aromatic nitrogens is 2.